The highest BCUT2D eigenvalue weighted by molar-refractivity contribution is 7.20. The number of benzene rings is 10. The van der Waals surface area contributed by atoms with Crippen LogP contribution < -0.4 is 9.80 Å². The molecule has 12 aromatic rings. The van der Waals surface area contributed by atoms with Crippen LogP contribution in [0.15, 0.2) is 176 Å². The van der Waals surface area contributed by atoms with Gasteiger partial charge >= 0.3 is 0 Å². The third-order valence-electron chi connectivity index (χ3n) is 16.9. The minimum absolute atomic E-state index is 0.253. The Labute approximate surface area is 452 Å². The van der Waals surface area contributed by atoms with Crippen LogP contribution in [0.2, 0.25) is 0 Å². The van der Waals surface area contributed by atoms with Crippen molar-refractivity contribution in [3.8, 4) is 5.69 Å². The molecular formula is C72H65N3S. The molecule has 3 nitrogen and oxygen atoms in total. The minimum atomic E-state index is -0.295. The van der Waals surface area contributed by atoms with E-state index in [2.05, 4.69) is 259 Å². The van der Waals surface area contributed by atoms with Gasteiger partial charge in [0, 0.05) is 59.0 Å². The second-order valence-corrected chi connectivity index (χ2v) is 23.2. The van der Waals surface area contributed by atoms with Crippen LogP contribution in [-0.2, 0) is 18.3 Å². The van der Waals surface area contributed by atoms with E-state index < -0.39 is 0 Å². The average Bonchev–Trinajstić information content (AvgIpc) is 4.09. The first-order chi connectivity index (χ1) is 37.0. The highest BCUT2D eigenvalue weighted by atomic mass is 32.1. The van der Waals surface area contributed by atoms with Gasteiger partial charge in [-0.05, 0) is 165 Å². The number of anilines is 6. The second kappa shape index (κ2) is 18.1. The van der Waals surface area contributed by atoms with Gasteiger partial charge in [0.2, 0.25) is 0 Å². The van der Waals surface area contributed by atoms with Gasteiger partial charge in [-0.1, -0.05) is 171 Å². The SMILES string of the molecule is C=Cc1c(/C=C\C)sc2ccc(-n3c4ccccc4c4cc5c(cc43)N(c3ccc4cc(C(C)C)c6c(N(c7ccccc7CC)c7ccccc7CC)ccc7cc(C(C)C)c3c4c76)c3ccccc3C5(C)C)cc12. The number of para-hydroxylation sites is 4. The Morgan fingerprint density at radius 3 is 1.87 bits per heavy atom. The number of hydrogen-bond donors (Lipinski definition) is 0. The Kier molecular flexibility index (Phi) is 11.4. The fraction of sp³-hybridized carbons (Fsp3) is 0.194. The van der Waals surface area contributed by atoms with Crippen LogP contribution >= 0.6 is 11.3 Å². The lowest BCUT2D eigenvalue weighted by molar-refractivity contribution is 0.633. The summed E-state index contributed by atoms with van der Waals surface area (Å²) in [4.78, 5) is 6.48. The summed E-state index contributed by atoms with van der Waals surface area (Å²) < 4.78 is 3.77. The molecule has 1 aliphatic rings. The quantitative estimate of drug-likeness (QED) is 0.120. The number of hydrogen-bond acceptors (Lipinski definition) is 3. The summed E-state index contributed by atoms with van der Waals surface area (Å²) in [5.74, 6) is 0.529. The van der Waals surface area contributed by atoms with Crippen molar-refractivity contribution in [1.82, 2.24) is 4.57 Å². The van der Waals surface area contributed by atoms with Crippen LogP contribution in [-0.4, -0.2) is 4.57 Å². The molecule has 3 heterocycles. The highest BCUT2D eigenvalue weighted by Crippen LogP contribution is 2.57. The Morgan fingerprint density at radius 2 is 1.18 bits per heavy atom. The summed E-state index contributed by atoms with van der Waals surface area (Å²) in [6.07, 6.45) is 8.23. The van der Waals surface area contributed by atoms with Crippen molar-refractivity contribution in [3.63, 3.8) is 0 Å². The van der Waals surface area contributed by atoms with Crippen molar-refractivity contribution in [3.05, 3.63) is 220 Å². The molecule has 0 bridgehead atoms. The van der Waals surface area contributed by atoms with E-state index in [0.29, 0.717) is 0 Å². The second-order valence-electron chi connectivity index (χ2n) is 22.1. The molecule has 4 heteroatoms. The molecule has 2 aromatic heterocycles. The van der Waals surface area contributed by atoms with E-state index in [0.717, 1.165) is 18.5 Å². The van der Waals surface area contributed by atoms with Crippen molar-refractivity contribution in [2.24, 2.45) is 0 Å². The summed E-state index contributed by atoms with van der Waals surface area (Å²) >= 11 is 1.83. The van der Waals surface area contributed by atoms with Gasteiger partial charge in [-0.25, -0.2) is 0 Å². The maximum atomic E-state index is 4.29. The van der Waals surface area contributed by atoms with Crippen LogP contribution in [0.1, 0.15) is 118 Å². The molecule has 76 heavy (non-hydrogen) atoms. The topological polar surface area (TPSA) is 11.4 Å². The first kappa shape index (κ1) is 47.8. The van der Waals surface area contributed by atoms with Crippen molar-refractivity contribution in [1.29, 1.82) is 0 Å². The molecule has 0 atom stereocenters. The van der Waals surface area contributed by atoms with Crippen LogP contribution in [0.5, 0.6) is 0 Å². The molecule has 13 rings (SSSR count). The monoisotopic (exact) mass is 1000 g/mol. The minimum Gasteiger partial charge on any atom is -0.309 e. The van der Waals surface area contributed by atoms with Gasteiger partial charge < -0.3 is 14.4 Å². The molecule has 0 radical (unpaired) electrons. The Morgan fingerprint density at radius 1 is 0.553 bits per heavy atom. The summed E-state index contributed by atoms with van der Waals surface area (Å²) in [6.45, 7) is 25.3. The molecule has 10 aromatic carbocycles. The zero-order valence-corrected chi connectivity index (χ0v) is 46.2. The molecule has 1 aliphatic heterocycles. The van der Waals surface area contributed by atoms with E-state index in [-0.39, 0.29) is 17.3 Å². The van der Waals surface area contributed by atoms with Crippen LogP contribution in [0.3, 0.4) is 0 Å². The number of thiophene rings is 1. The summed E-state index contributed by atoms with van der Waals surface area (Å²) in [7, 11) is 0. The molecule has 0 spiro atoms. The smallest absolute Gasteiger partial charge is 0.0562 e. The number of fused-ring (bicyclic) bond motifs is 6. The van der Waals surface area contributed by atoms with Gasteiger partial charge in [0.15, 0.2) is 0 Å². The van der Waals surface area contributed by atoms with Crippen molar-refractivity contribution in [2.45, 2.75) is 92.4 Å². The van der Waals surface area contributed by atoms with Crippen molar-refractivity contribution < 1.29 is 0 Å². The molecule has 0 unspecified atom stereocenters. The molecule has 0 saturated heterocycles. The summed E-state index contributed by atoms with van der Waals surface area (Å²) in [5.41, 5.74) is 19.8. The fourth-order valence-corrected chi connectivity index (χ4v) is 14.4. The molecular weight excluding hydrogens is 939 g/mol. The van der Waals surface area contributed by atoms with Gasteiger partial charge in [-0.2, -0.15) is 0 Å². The normalized spacial score (nSPS) is 13.5. The Hall–Kier alpha value is -7.92. The molecule has 0 saturated carbocycles. The first-order valence-corrected chi connectivity index (χ1v) is 28.3. The van der Waals surface area contributed by atoms with Gasteiger partial charge in [-0.15, -0.1) is 11.3 Å². The first-order valence-electron chi connectivity index (χ1n) is 27.5. The number of nitrogens with zero attached hydrogens (tertiary/aromatic N) is 3. The van der Waals surface area contributed by atoms with E-state index >= 15 is 0 Å². The van der Waals surface area contributed by atoms with E-state index in [1.165, 1.54) is 142 Å². The predicted molar refractivity (Wildman–Crippen MR) is 333 cm³/mol. The number of aromatic nitrogens is 1. The van der Waals surface area contributed by atoms with Crippen LogP contribution in [0.25, 0.3) is 82.0 Å². The largest absolute Gasteiger partial charge is 0.309 e. The van der Waals surface area contributed by atoms with E-state index in [1.807, 2.05) is 17.4 Å². The lowest BCUT2D eigenvalue weighted by Crippen LogP contribution is -2.30. The summed E-state index contributed by atoms with van der Waals surface area (Å²) in [5, 5.41) is 11.7. The standard InChI is InChI=1S/C72H65N3S/c1-11-23-66-50(14-4)55-40-49(34-37-67(55)76-66)73-60-30-21-17-26-51(60)54-41-57-65(42-64(54)73)75(61-31-22-18-27-56(61)72(57,9)10)63-36-33-48-38-52(43(5)6)70-62(35-32-47-39-53(44(7)8)71(63)69(48)68(47)70)74(58-28-19-15-24-45(58)12-2)59-29-20-16-25-46(59)13-3/h11,14-44H,4,12-13H2,1-3,5-10H3/b23-11-. The maximum absolute atomic E-state index is 4.29. The lowest BCUT2D eigenvalue weighted by atomic mass is 9.73. The maximum Gasteiger partial charge on any atom is 0.0562 e. The highest BCUT2D eigenvalue weighted by Gasteiger charge is 2.39. The fourth-order valence-electron chi connectivity index (χ4n) is 13.2. The molecule has 0 N–H and O–H groups in total. The van der Waals surface area contributed by atoms with Crippen LogP contribution in [0.4, 0.5) is 34.1 Å². The summed E-state index contributed by atoms with van der Waals surface area (Å²) in [6, 6.07) is 63.1. The Bertz CT molecular complexity index is 4300. The Balaban J connectivity index is 1.14. The van der Waals surface area contributed by atoms with Gasteiger partial charge in [0.05, 0.1) is 33.8 Å². The molecule has 0 fully saturated rings. The van der Waals surface area contributed by atoms with E-state index in [1.54, 1.807) is 0 Å². The molecule has 0 amide bonds. The molecule has 0 aliphatic carbocycles. The van der Waals surface area contributed by atoms with Crippen molar-refractivity contribution in [2.75, 3.05) is 9.80 Å². The van der Waals surface area contributed by atoms with Crippen molar-refractivity contribution >= 4 is 122 Å². The number of rotatable bonds is 11. The van der Waals surface area contributed by atoms with E-state index in [9.17, 15) is 0 Å². The van der Waals surface area contributed by atoms with E-state index in [4.69, 9.17) is 0 Å². The number of allylic oxidation sites excluding steroid dienone is 1. The van der Waals surface area contributed by atoms with Gasteiger partial charge in [-0.3, -0.25) is 0 Å². The number of aryl methyl sites for hydroxylation is 2. The zero-order chi connectivity index (χ0) is 52.3. The lowest BCUT2D eigenvalue weighted by Gasteiger charge is -2.43. The predicted octanol–water partition coefficient (Wildman–Crippen LogP) is 21.5. The molecule has 374 valence electrons. The average molecular weight is 1000 g/mol. The zero-order valence-electron chi connectivity index (χ0n) is 45.3. The third kappa shape index (κ3) is 6.99. The third-order valence-corrected chi connectivity index (χ3v) is 18.0. The van der Waals surface area contributed by atoms with Crippen LogP contribution in [0, 0.1) is 0 Å². The van der Waals surface area contributed by atoms with Gasteiger partial charge in [0.25, 0.3) is 0 Å². The van der Waals surface area contributed by atoms with Gasteiger partial charge in [0.1, 0.15) is 0 Å².